The van der Waals surface area contributed by atoms with Crippen molar-refractivity contribution in [3.63, 3.8) is 0 Å². The van der Waals surface area contributed by atoms with Crippen molar-refractivity contribution in [2.75, 3.05) is 0 Å². The Bertz CT molecular complexity index is 1550. The summed E-state index contributed by atoms with van der Waals surface area (Å²) in [4.78, 5) is 30.3. The largest absolute Gasteiger partial charge is 0.423 e. The number of halogens is 1. The fourth-order valence-electron chi connectivity index (χ4n) is 3.52. The van der Waals surface area contributed by atoms with Crippen LogP contribution in [0.25, 0.3) is 34.4 Å². The second-order valence-electron chi connectivity index (χ2n) is 7.11. The van der Waals surface area contributed by atoms with E-state index in [1.807, 2.05) is 48.5 Å². The van der Waals surface area contributed by atoms with Gasteiger partial charge in [0.2, 0.25) is 0 Å². The molecule has 0 unspecified atom stereocenters. The first-order chi connectivity index (χ1) is 15.0. The molecule has 0 aliphatic rings. The average molecular weight is 433 g/mol. The third-order valence-corrected chi connectivity index (χ3v) is 5.37. The number of hydrogen-bond donors (Lipinski definition) is 0. The van der Waals surface area contributed by atoms with Gasteiger partial charge in [-0.05, 0) is 29.8 Å². The molecule has 5 rings (SSSR count). The van der Waals surface area contributed by atoms with E-state index in [0.29, 0.717) is 10.8 Å². The highest BCUT2D eigenvalue weighted by Crippen LogP contribution is 2.25. The highest BCUT2D eigenvalue weighted by atomic mass is 35.5. The fourth-order valence-corrected chi connectivity index (χ4v) is 3.65. The van der Waals surface area contributed by atoms with Crippen LogP contribution >= 0.6 is 11.6 Å². The molecule has 0 aliphatic heterocycles. The van der Waals surface area contributed by atoms with Gasteiger partial charge in [-0.3, -0.25) is 18.3 Å². The summed E-state index contributed by atoms with van der Waals surface area (Å²) in [5.41, 5.74) is 1.50. The second-order valence-corrected chi connectivity index (χ2v) is 7.55. The van der Waals surface area contributed by atoms with E-state index in [0.717, 1.165) is 11.1 Å². The SMILES string of the molecule is Cn1c(=O)n(C/C=C/c2ccccc2)c(=O)c2c1nc1oc(-c3ccc(Cl)cc3)cn12. The van der Waals surface area contributed by atoms with E-state index in [1.165, 1.54) is 9.13 Å². The van der Waals surface area contributed by atoms with Crippen molar-refractivity contribution in [2.24, 2.45) is 7.05 Å². The van der Waals surface area contributed by atoms with Crippen LogP contribution in [0.5, 0.6) is 0 Å². The van der Waals surface area contributed by atoms with Crippen LogP contribution in [0.15, 0.2) is 80.9 Å². The van der Waals surface area contributed by atoms with E-state index < -0.39 is 11.2 Å². The average Bonchev–Trinajstić information content (AvgIpc) is 3.34. The topological polar surface area (TPSA) is 74.4 Å². The summed E-state index contributed by atoms with van der Waals surface area (Å²) in [7, 11) is 1.59. The number of rotatable bonds is 4. The van der Waals surface area contributed by atoms with E-state index in [4.69, 9.17) is 16.0 Å². The number of oxazole rings is 1. The van der Waals surface area contributed by atoms with Crippen LogP contribution in [0, 0.1) is 0 Å². The lowest BCUT2D eigenvalue weighted by Gasteiger charge is -2.05. The molecule has 3 heterocycles. The van der Waals surface area contributed by atoms with Crippen LogP contribution in [-0.2, 0) is 13.6 Å². The Hall–Kier alpha value is -3.84. The zero-order valence-corrected chi connectivity index (χ0v) is 17.3. The van der Waals surface area contributed by atoms with Gasteiger partial charge in [-0.15, -0.1) is 0 Å². The van der Waals surface area contributed by atoms with Crippen LogP contribution in [0.2, 0.25) is 5.02 Å². The number of imidazole rings is 1. The van der Waals surface area contributed by atoms with Crippen molar-refractivity contribution in [3.8, 4) is 11.3 Å². The van der Waals surface area contributed by atoms with Gasteiger partial charge in [-0.1, -0.05) is 54.1 Å². The molecule has 0 saturated carbocycles. The molecule has 0 aliphatic carbocycles. The zero-order chi connectivity index (χ0) is 21.5. The minimum atomic E-state index is -0.436. The molecule has 7 nitrogen and oxygen atoms in total. The van der Waals surface area contributed by atoms with Gasteiger partial charge in [-0.2, -0.15) is 4.98 Å². The summed E-state index contributed by atoms with van der Waals surface area (Å²) in [5, 5.41) is 0.618. The molecule has 8 heteroatoms. The van der Waals surface area contributed by atoms with Crippen molar-refractivity contribution < 1.29 is 4.42 Å². The Labute approximate surface area is 181 Å². The number of nitrogens with zero attached hydrogens (tertiary/aromatic N) is 4. The molecule has 0 atom stereocenters. The van der Waals surface area contributed by atoms with Crippen molar-refractivity contribution in [1.29, 1.82) is 0 Å². The minimum absolute atomic E-state index is 0.144. The standard InChI is InChI=1S/C23H17ClN4O3/c1-26-20-19(21(29)27(23(26)30)13-5-8-15-6-3-2-4-7-15)28-14-18(31-22(28)25-20)16-9-11-17(24)12-10-16/h2-12,14H,13H2,1H3/b8-5+. The quantitative estimate of drug-likeness (QED) is 0.430. The number of hydrogen-bond acceptors (Lipinski definition) is 4. The predicted octanol–water partition coefficient (Wildman–Crippen LogP) is 3.97. The Morgan fingerprint density at radius 3 is 2.55 bits per heavy atom. The molecule has 154 valence electrons. The molecule has 0 bridgehead atoms. The van der Waals surface area contributed by atoms with E-state index in [2.05, 4.69) is 4.98 Å². The molecule has 0 amide bonds. The van der Waals surface area contributed by atoms with Gasteiger partial charge in [0, 0.05) is 24.2 Å². The molecule has 31 heavy (non-hydrogen) atoms. The summed E-state index contributed by atoms with van der Waals surface area (Å²) in [6, 6.07) is 16.9. The van der Waals surface area contributed by atoms with Gasteiger partial charge < -0.3 is 4.42 Å². The lowest BCUT2D eigenvalue weighted by Crippen LogP contribution is -2.39. The molecular weight excluding hydrogens is 416 g/mol. The van der Waals surface area contributed by atoms with Crippen molar-refractivity contribution in [3.05, 3.63) is 98.3 Å². The maximum atomic E-state index is 13.2. The van der Waals surface area contributed by atoms with Crippen LogP contribution in [-0.4, -0.2) is 18.5 Å². The number of fused-ring (bicyclic) bond motifs is 3. The van der Waals surface area contributed by atoms with Gasteiger partial charge >= 0.3 is 11.5 Å². The molecule has 3 aromatic heterocycles. The van der Waals surface area contributed by atoms with E-state index >= 15 is 0 Å². The molecule has 0 saturated heterocycles. The van der Waals surface area contributed by atoms with Crippen LogP contribution in [0.3, 0.4) is 0 Å². The molecule has 2 aromatic carbocycles. The summed E-state index contributed by atoms with van der Waals surface area (Å²) in [6.07, 6.45) is 5.36. The van der Waals surface area contributed by atoms with Gasteiger partial charge in [-0.25, -0.2) is 4.79 Å². The Morgan fingerprint density at radius 1 is 1.06 bits per heavy atom. The normalized spacial score (nSPS) is 11.8. The molecule has 0 radical (unpaired) electrons. The number of aryl methyl sites for hydroxylation is 1. The summed E-state index contributed by atoms with van der Waals surface area (Å²) in [6.45, 7) is 0.144. The van der Waals surface area contributed by atoms with Gasteiger partial charge in [0.15, 0.2) is 16.9 Å². The first-order valence-electron chi connectivity index (χ1n) is 9.62. The van der Waals surface area contributed by atoms with Gasteiger partial charge in [0.05, 0.1) is 6.20 Å². The van der Waals surface area contributed by atoms with E-state index in [-0.39, 0.29) is 23.6 Å². The summed E-state index contributed by atoms with van der Waals surface area (Å²) < 4.78 is 9.96. The van der Waals surface area contributed by atoms with Crippen LogP contribution in [0.4, 0.5) is 0 Å². The second kappa shape index (κ2) is 7.45. The van der Waals surface area contributed by atoms with Crippen molar-refractivity contribution in [2.45, 2.75) is 6.54 Å². The third-order valence-electron chi connectivity index (χ3n) is 5.12. The smallest absolute Gasteiger partial charge is 0.332 e. The Balaban J connectivity index is 1.62. The lowest BCUT2D eigenvalue weighted by atomic mass is 10.2. The van der Waals surface area contributed by atoms with Crippen LogP contribution in [0.1, 0.15) is 5.56 Å². The summed E-state index contributed by atoms with van der Waals surface area (Å²) >= 11 is 5.96. The Morgan fingerprint density at radius 2 is 1.81 bits per heavy atom. The molecule has 0 N–H and O–H groups in total. The monoisotopic (exact) mass is 432 g/mol. The highest BCUT2D eigenvalue weighted by Gasteiger charge is 2.19. The van der Waals surface area contributed by atoms with Crippen LogP contribution < -0.4 is 11.2 Å². The first kappa shape index (κ1) is 19.1. The van der Waals surface area contributed by atoms with Crippen molar-refractivity contribution in [1.82, 2.24) is 18.5 Å². The van der Waals surface area contributed by atoms with Crippen molar-refractivity contribution >= 4 is 34.7 Å². The number of aromatic nitrogens is 4. The Kier molecular flexibility index (Phi) is 4.60. The minimum Gasteiger partial charge on any atom is -0.423 e. The van der Waals surface area contributed by atoms with E-state index in [9.17, 15) is 9.59 Å². The first-order valence-corrected chi connectivity index (χ1v) is 9.99. The summed E-state index contributed by atoms with van der Waals surface area (Å²) in [5.74, 6) is 0.787. The third kappa shape index (κ3) is 3.29. The maximum absolute atomic E-state index is 13.2. The number of allylic oxidation sites excluding steroid dienone is 1. The zero-order valence-electron chi connectivity index (χ0n) is 16.5. The number of benzene rings is 2. The fraction of sp³-hybridized carbons (Fsp3) is 0.0870. The molecular formula is C23H17ClN4O3. The highest BCUT2D eigenvalue weighted by molar-refractivity contribution is 6.30. The van der Waals surface area contributed by atoms with E-state index in [1.54, 1.807) is 35.9 Å². The predicted molar refractivity (Wildman–Crippen MR) is 120 cm³/mol. The van der Waals surface area contributed by atoms with Gasteiger partial charge in [0.25, 0.3) is 5.56 Å². The lowest BCUT2D eigenvalue weighted by molar-refractivity contribution is 0.610. The van der Waals surface area contributed by atoms with Gasteiger partial charge in [0.1, 0.15) is 0 Å². The maximum Gasteiger partial charge on any atom is 0.332 e. The molecule has 0 fully saturated rings. The molecule has 5 aromatic rings. The molecule has 0 spiro atoms.